The third-order valence-electron chi connectivity index (χ3n) is 3.05. The summed E-state index contributed by atoms with van der Waals surface area (Å²) in [5, 5.41) is 3.39. The molecule has 1 aromatic carbocycles. The number of hydrogen-bond acceptors (Lipinski definition) is 5. The number of pyridine rings is 1. The lowest BCUT2D eigenvalue weighted by molar-refractivity contribution is -0.119. The van der Waals surface area contributed by atoms with Crippen molar-refractivity contribution in [2.24, 2.45) is 0 Å². The molecule has 126 valence electrons. The minimum absolute atomic E-state index is 0.201. The molecular formula is C16H14Cl2N2O4. The molecule has 0 radical (unpaired) electrons. The van der Waals surface area contributed by atoms with Gasteiger partial charge in [0.25, 0.3) is 5.91 Å². The highest BCUT2D eigenvalue weighted by Crippen LogP contribution is 2.30. The van der Waals surface area contributed by atoms with E-state index in [0.29, 0.717) is 16.5 Å². The molecule has 0 aliphatic carbocycles. The van der Waals surface area contributed by atoms with Crippen LogP contribution in [-0.2, 0) is 9.53 Å². The van der Waals surface area contributed by atoms with Crippen LogP contribution in [0.4, 0.5) is 5.69 Å². The lowest BCUT2D eigenvalue weighted by atomic mass is 10.2. The van der Waals surface area contributed by atoms with Gasteiger partial charge >= 0.3 is 5.97 Å². The first-order valence-electron chi connectivity index (χ1n) is 6.83. The van der Waals surface area contributed by atoms with Crippen LogP contribution >= 0.6 is 23.2 Å². The molecule has 0 spiro atoms. The Hall–Kier alpha value is -2.31. The molecular weight excluding hydrogens is 355 g/mol. The van der Waals surface area contributed by atoms with Crippen molar-refractivity contribution in [1.29, 1.82) is 0 Å². The molecule has 1 heterocycles. The van der Waals surface area contributed by atoms with E-state index in [2.05, 4.69) is 10.3 Å². The number of amides is 1. The number of methoxy groups -OCH3 is 1. The molecule has 0 bridgehead atoms. The maximum atomic E-state index is 12.0. The van der Waals surface area contributed by atoms with Crippen LogP contribution in [0.5, 0.6) is 5.75 Å². The van der Waals surface area contributed by atoms with E-state index in [-0.39, 0.29) is 10.7 Å². The summed E-state index contributed by atoms with van der Waals surface area (Å²) in [7, 11) is 1.46. The maximum absolute atomic E-state index is 12.0. The van der Waals surface area contributed by atoms with Gasteiger partial charge in [-0.25, -0.2) is 9.78 Å². The zero-order valence-electron chi connectivity index (χ0n) is 12.9. The third kappa shape index (κ3) is 4.59. The van der Waals surface area contributed by atoms with Crippen LogP contribution in [0.1, 0.15) is 15.9 Å². The fourth-order valence-corrected chi connectivity index (χ4v) is 2.09. The van der Waals surface area contributed by atoms with Gasteiger partial charge in [-0.1, -0.05) is 23.2 Å². The Morgan fingerprint density at radius 2 is 2.00 bits per heavy atom. The Labute approximate surface area is 148 Å². The van der Waals surface area contributed by atoms with Gasteiger partial charge in [-0.2, -0.15) is 0 Å². The average molecular weight is 369 g/mol. The van der Waals surface area contributed by atoms with Crippen molar-refractivity contribution in [3.05, 3.63) is 51.8 Å². The number of nitrogens with zero attached hydrogens (tertiary/aromatic N) is 1. The fraction of sp³-hybridized carbons (Fsp3) is 0.188. The molecule has 0 unspecified atom stereocenters. The van der Waals surface area contributed by atoms with Crippen molar-refractivity contribution in [2.75, 3.05) is 19.0 Å². The second-order valence-corrected chi connectivity index (χ2v) is 5.59. The number of aryl methyl sites for hydroxylation is 1. The first kappa shape index (κ1) is 18.0. The number of nitrogens with one attached hydrogen (secondary N) is 1. The van der Waals surface area contributed by atoms with Gasteiger partial charge < -0.3 is 14.8 Å². The summed E-state index contributed by atoms with van der Waals surface area (Å²) in [4.78, 5) is 27.5. The van der Waals surface area contributed by atoms with Gasteiger partial charge in [-0.15, -0.1) is 0 Å². The van der Waals surface area contributed by atoms with Crippen LogP contribution in [0.3, 0.4) is 0 Å². The number of anilines is 1. The van der Waals surface area contributed by atoms with Gasteiger partial charge in [0.05, 0.1) is 18.4 Å². The summed E-state index contributed by atoms with van der Waals surface area (Å²) in [6, 6.07) is 6.18. The summed E-state index contributed by atoms with van der Waals surface area (Å²) in [6.45, 7) is 1.34. The van der Waals surface area contributed by atoms with E-state index in [1.807, 2.05) is 0 Å². The molecule has 1 N–H and O–H groups in total. The van der Waals surface area contributed by atoms with Gasteiger partial charge in [0.1, 0.15) is 10.9 Å². The number of ether oxygens (including phenoxy) is 2. The molecule has 0 fully saturated rings. The predicted octanol–water partition coefficient (Wildman–Crippen LogP) is 3.50. The molecule has 6 nitrogen and oxygen atoms in total. The smallest absolute Gasteiger partial charge is 0.340 e. The molecule has 2 aromatic rings. The SMILES string of the molecule is COc1cc(Cl)c(C)cc1NC(=O)COC(=O)c1ccc(Cl)nc1. The molecule has 0 atom stereocenters. The van der Waals surface area contributed by atoms with Crippen molar-refractivity contribution in [3.63, 3.8) is 0 Å². The summed E-state index contributed by atoms with van der Waals surface area (Å²) in [6.07, 6.45) is 1.27. The van der Waals surface area contributed by atoms with Gasteiger partial charge in [0, 0.05) is 17.3 Å². The van der Waals surface area contributed by atoms with Crippen LogP contribution < -0.4 is 10.1 Å². The summed E-state index contributed by atoms with van der Waals surface area (Å²) < 4.78 is 10.1. The third-order valence-corrected chi connectivity index (χ3v) is 3.68. The van der Waals surface area contributed by atoms with Gasteiger partial charge in [-0.3, -0.25) is 4.79 Å². The second kappa shape index (κ2) is 7.99. The maximum Gasteiger partial charge on any atom is 0.340 e. The van der Waals surface area contributed by atoms with Crippen molar-refractivity contribution in [2.45, 2.75) is 6.92 Å². The predicted molar refractivity (Wildman–Crippen MR) is 90.9 cm³/mol. The van der Waals surface area contributed by atoms with E-state index in [0.717, 1.165) is 5.56 Å². The van der Waals surface area contributed by atoms with Crippen LogP contribution in [-0.4, -0.2) is 30.6 Å². The molecule has 0 aliphatic rings. The number of hydrogen-bond donors (Lipinski definition) is 1. The highest BCUT2D eigenvalue weighted by atomic mass is 35.5. The quantitative estimate of drug-likeness (QED) is 0.645. The van der Waals surface area contributed by atoms with Crippen LogP contribution in [0.15, 0.2) is 30.5 Å². The summed E-state index contributed by atoms with van der Waals surface area (Å²) in [5.74, 6) is -0.772. The van der Waals surface area contributed by atoms with Gasteiger partial charge in [0.2, 0.25) is 0 Å². The number of esters is 1. The zero-order chi connectivity index (χ0) is 17.7. The van der Waals surface area contributed by atoms with Crippen LogP contribution in [0, 0.1) is 6.92 Å². The van der Waals surface area contributed by atoms with Crippen molar-refractivity contribution in [1.82, 2.24) is 4.98 Å². The highest BCUT2D eigenvalue weighted by molar-refractivity contribution is 6.31. The minimum Gasteiger partial charge on any atom is -0.495 e. The van der Waals surface area contributed by atoms with E-state index in [1.54, 1.807) is 19.1 Å². The molecule has 1 aromatic heterocycles. The van der Waals surface area contributed by atoms with Crippen LogP contribution in [0.2, 0.25) is 10.2 Å². The monoisotopic (exact) mass is 368 g/mol. The molecule has 2 rings (SSSR count). The second-order valence-electron chi connectivity index (χ2n) is 4.80. The molecule has 8 heteroatoms. The van der Waals surface area contributed by atoms with E-state index in [9.17, 15) is 9.59 Å². The Bertz CT molecular complexity index is 763. The van der Waals surface area contributed by atoms with Gasteiger partial charge in [0.15, 0.2) is 6.61 Å². The lowest BCUT2D eigenvalue weighted by Gasteiger charge is -2.12. The molecule has 0 aliphatic heterocycles. The number of aromatic nitrogens is 1. The van der Waals surface area contributed by atoms with E-state index < -0.39 is 18.5 Å². The number of carbonyl (C=O) groups is 2. The normalized spacial score (nSPS) is 10.2. The number of halogens is 2. The highest BCUT2D eigenvalue weighted by Gasteiger charge is 2.13. The molecule has 24 heavy (non-hydrogen) atoms. The van der Waals surface area contributed by atoms with Crippen molar-refractivity contribution in [3.8, 4) is 5.75 Å². The van der Waals surface area contributed by atoms with Crippen LogP contribution in [0.25, 0.3) is 0 Å². The van der Waals surface area contributed by atoms with Crippen molar-refractivity contribution < 1.29 is 19.1 Å². The van der Waals surface area contributed by atoms with Gasteiger partial charge in [-0.05, 0) is 30.7 Å². The minimum atomic E-state index is -0.673. The van der Waals surface area contributed by atoms with E-state index in [4.69, 9.17) is 32.7 Å². The largest absolute Gasteiger partial charge is 0.495 e. The van der Waals surface area contributed by atoms with Crippen molar-refractivity contribution >= 4 is 40.8 Å². The summed E-state index contributed by atoms with van der Waals surface area (Å²) in [5.41, 5.74) is 1.41. The zero-order valence-corrected chi connectivity index (χ0v) is 14.4. The van der Waals surface area contributed by atoms with E-state index >= 15 is 0 Å². The first-order valence-corrected chi connectivity index (χ1v) is 7.59. The van der Waals surface area contributed by atoms with E-state index in [1.165, 1.54) is 25.4 Å². The molecule has 0 saturated carbocycles. The average Bonchev–Trinajstić information content (AvgIpc) is 2.56. The summed E-state index contributed by atoms with van der Waals surface area (Å²) >= 11 is 11.6. The molecule has 1 amide bonds. The Kier molecular flexibility index (Phi) is 6.00. The first-order chi connectivity index (χ1) is 11.4. The Morgan fingerprint density at radius 1 is 1.25 bits per heavy atom. The fourth-order valence-electron chi connectivity index (χ4n) is 1.83. The lowest BCUT2D eigenvalue weighted by Crippen LogP contribution is -2.21. The topological polar surface area (TPSA) is 77.5 Å². The standard InChI is InChI=1S/C16H14Cl2N2O4/c1-9-5-12(13(23-2)6-11(9)17)20-15(21)8-24-16(22)10-3-4-14(18)19-7-10/h3-7H,8H2,1-2H3,(H,20,21). The Balaban J connectivity index is 1.97. The number of carbonyl (C=O) groups excluding carboxylic acids is 2. The Morgan fingerprint density at radius 3 is 2.62 bits per heavy atom. The number of benzene rings is 1. The molecule has 0 saturated heterocycles. The number of rotatable bonds is 5.